The lowest BCUT2D eigenvalue weighted by molar-refractivity contribution is -0.0489. The molecule has 5 unspecified atom stereocenters. The molecule has 13 nitrogen and oxygen atoms in total. The maximum atomic E-state index is 12.7. The molecule has 0 spiro atoms. The molecule has 3 heterocycles. The van der Waals surface area contributed by atoms with Crippen LogP contribution in [0.5, 0.6) is 0 Å². The lowest BCUT2D eigenvalue weighted by Gasteiger charge is -2.40. The van der Waals surface area contributed by atoms with Gasteiger partial charge in [0.05, 0.1) is 12.9 Å². The van der Waals surface area contributed by atoms with Crippen molar-refractivity contribution < 1.29 is 33.0 Å². The zero-order valence-electron chi connectivity index (χ0n) is 21.8. The van der Waals surface area contributed by atoms with Crippen molar-refractivity contribution in [1.29, 1.82) is 0 Å². The van der Waals surface area contributed by atoms with Crippen LogP contribution in [0, 0.1) is 0 Å². The highest BCUT2D eigenvalue weighted by Gasteiger charge is 2.53. The zero-order valence-corrected chi connectivity index (χ0v) is 23.7. The van der Waals surface area contributed by atoms with Crippen molar-refractivity contribution in [2.45, 2.75) is 63.4 Å². The van der Waals surface area contributed by atoms with E-state index in [0.717, 1.165) is 0 Å². The fraction of sp³-hybridized carbons (Fsp3) is 0.478. The summed E-state index contributed by atoms with van der Waals surface area (Å²) in [6, 6.07) is 8.66. The fourth-order valence-electron chi connectivity index (χ4n) is 3.92. The number of aliphatic hydroxyl groups excluding tert-OH is 1. The van der Waals surface area contributed by atoms with E-state index in [9.17, 15) is 19.4 Å². The van der Waals surface area contributed by atoms with E-state index in [1.807, 2.05) is 39.9 Å². The Balaban J connectivity index is 1.74. The maximum Gasteiger partial charge on any atom is 0.400 e. The van der Waals surface area contributed by atoms with E-state index in [1.165, 1.54) is 12.7 Å². The van der Waals surface area contributed by atoms with Crippen molar-refractivity contribution in [2.24, 2.45) is 5.50 Å². The van der Waals surface area contributed by atoms with Gasteiger partial charge in [-0.1, -0.05) is 39.0 Å². The van der Waals surface area contributed by atoms with Crippen LogP contribution in [0.1, 0.15) is 37.4 Å². The van der Waals surface area contributed by atoms with Crippen LogP contribution in [-0.4, -0.2) is 68.7 Å². The highest BCUT2D eigenvalue weighted by molar-refractivity contribution is 7.50. The summed E-state index contributed by atoms with van der Waals surface area (Å²) in [5.74, 6) is -0.178. The van der Waals surface area contributed by atoms with Crippen molar-refractivity contribution in [3.63, 3.8) is 0 Å². The minimum absolute atomic E-state index is 0.191. The molecular weight excluding hydrogens is 531 g/mol. The molecule has 1 saturated heterocycles. The van der Waals surface area contributed by atoms with Gasteiger partial charge in [0.2, 0.25) is 0 Å². The van der Waals surface area contributed by atoms with Crippen molar-refractivity contribution in [1.82, 2.24) is 19.5 Å². The van der Waals surface area contributed by atoms with Crippen LogP contribution >= 0.6 is 7.75 Å². The molecule has 0 saturated carbocycles. The molecule has 0 aliphatic carbocycles. The third-order valence-corrected chi connectivity index (χ3v) is 11.9. The SMILES string of the molecule is CC(C)(C)[Si](C)(C)OC1C(OP(N)(=O)O)C(CO)OC1n1cnc2c(NC(=O)c3ccccc3)ncnc21. The number of benzene rings is 1. The molecule has 0 bridgehead atoms. The van der Waals surface area contributed by atoms with Gasteiger partial charge in [-0.3, -0.25) is 13.9 Å². The summed E-state index contributed by atoms with van der Waals surface area (Å²) in [7, 11) is -6.97. The number of rotatable bonds is 8. The Hall–Kier alpha value is -2.55. The molecule has 4 rings (SSSR count). The number of carbonyl (C=O) groups is 1. The summed E-state index contributed by atoms with van der Waals surface area (Å²) in [5, 5.41) is 12.6. The number of hydrogen-bond acceptors (Lipinski definition) is 9. The Bertz CT molecular complexity index is 1340. The monoisotopic (exact) mass is 564 g/mol. The number of nitrogens with zero attached hydrogens (tertiary/aromatic N) is 4. The van der Waals surface area contributed by atoms with Crippen LogP contribution in [0.15, 0.2) is 43.0 Å². The summed E-state index contributed by atoms with van der Waals surface area (Å²) >= 11 is 0. The largest absolute Gasteiger partial charge is 0.407 e. The Morgan fingerprint density at radius 3 is 2.50 bits per heavy atom. The lowest BCUT2D eigenvalue weighted by Crippen LogP contribution is -2.49. The second kappa shape index (κ2) is 10.5. The van der Waals surface area contributed by atoms with Crippen LogP contribution in [0.3, 0.4) is 0 Å². The van der Waals surface area contributed by atoms with E-state index in [2.05, 4.69) is 20.3 Å². The van der Waals surface area contributed by atoms with Crippen molar-refractivity contribution in [3.8, 4) is 0 Å². The van der Waals surface area contributed by atoms with Gasteiger partial charge in [-0.25, -0.2) is 25.0 Å². The molecule has 5 N–H and O–H groups in total. The number of carbonyl (C=O) groups excluding carboxylic acids is 1. The number of aliphatic hydroxyl groups is 1. The second-order valence-corrected chi connectivity index (χ2v) is 16.7. The average Bonchev–Trinajstić information content (AvgIpc) is 3.40. The van der Waals surface area contributed by atoms with E-state index < -0.39 is 47.2 Å². The van der Waals surface area contributed by atoms with Gasteiger partial charge in [-0.05, 0) is 30.3 Å². The summed E-state index contributed by atoms with van der Waals surface area (Å²) in [6.45, 7) is 9.65. The maximum absolute atomic E-state index is 12.7. The van der Waals surface area contributed by atoms with Gasteiger partial charge in [0, 0.05) is 5.56 Å². The molecule has 1 aliphatic rings. The minimum atomic E-state index is -4.47. The molecular formula is C23H33N6O7PSi. The van der Waals surface area contributed by atoms with E-state index >= 15 is 0 Å². The van der Waals surface area contributed by atoms with Crippen molar-refractivity contribution in [2.75, 3.05) is 11.9 Å². The Morgan fingerprint density at radius 1 is 1.21 bits per heavy atom. The topological polar surface area (TPSA) is 184 Å². The average molecular weight is 565 g/mol. The Morgan fingerprint density at radius 2 is 1.89 bits per heavy atom. The molecule has 1 aliphatic heterocycles. The highest BCUT2D eigenvalue weighted by Crippen LogP contribution is 2.46. The molecule has 206 valence electrons. The Labute approximate surface area is 221 Å². The minimum Gasteiger partial charge on any atom is -0.407 e. The summed E-state index contributed by atoms with van der Waals surface area (Å²) in [6.07, 6.45) is -1.34. The van der Waals surface area contributed by atoms with Crippen LogP contribution < -0.4 is 10.8 Å². The van der Waals surface area contributed by atoms with Gasteiger partial charge in [0.1, 0.15) is 24.6 Å². The second-order valence-electron chi connectivity index (χ2n) is 10.6. The van der Waals surface area contributed by atoms with Gasteiger partial charge in [0.25, 0.3) is 5.91 Å². The summed E-state index contributed by atoms with van der Waals surface area (Å²) < 4.78 is 31.7. The van der Waals surface area contributed by atoms with Crippen LogP contribution in [0.2, 0.25) is 18.1 Å². The van der Waals surface area contributed by atoms with Crippen LogP contribution in [-0.2, 0) is 18.3 Å². The van der Waals surface area contributed by atoms with Crippen LogP contribution in [0.25, 0.3) is 11.2 Å². The Kier molecular flexibility index (Phi) is 7.90. The number of ether oxygens (including phenoxy) is 1. The predicted octanol–water partition coefficient (Wildman–Crippen LogP) is 2.80. The first-order chi connectivity index (χ1) is 17.7. The molecule has 5 atom stereocenters. The fourth-order valence-corrected chi connectivity index (χ4v) is 5.81. The molecule has 1 amide bonds. The molecule has 0 radical (unpaired) electrons. The number of nitrogens with two attached hydrogens (primary N) is 1. The van der Waals surface area contributed by atoms with Gasteiger partial charge in [-0.2, -0.15) is 0 Å². The van der Waals surface area contributed by atoms with Gasteiger partial charge >= 0.3 is 7.75 Å². The first-order valence-corrected chi connectivity index (χ1v) is 16.5. The third kappa shape index (κ3) is 5.87. The standard InChI is InChI=1S/C23H33N6O7PSi/c1-23(2,3)38(4,5)36-18-17(35-37(24,32)33)15(11-30)34-22(18)29-13-27-16-19(25-12-26-20(16)29)28-21(31)14-9-7-6-8-10-14/h6-10,12-13,15,17-18,22,30H,11H2,1-5H3,(H3,24,32,33)(H,25,26,28,31). The first-order valence-electron chi connectivity index (χ1n) is 12.0. The number of nitrogens with one attached hydrogen (secondary N) is 1. The zero-order chi connectivity index (χ0) is 27.9. The van der Waals surface area contributed by atoms with E-state index in [-0.39, 0.29) is 16.8 Å². The van der Waals surface area contributed by atoms with Gasteiger partial charge in [-0.15, -0.1) is 0 Å². The third-order valence-electron chi connectivity index (χ3n) is 6.88. The molecule has 3 aromatic rings. The van der Waals surface area contributed by atoms with Gasteiger partial charge < -0.3 is 24.5 Å². The molecule has 1 aromatic carbocycles. The van der Waals surface area contributed by atoms with Crippen molar-refractivity contribution in [3.05, 3.63) is 48.5 Å². The number of imidazole rings is 1. The first kappa shape index (κ1) is 28.5. The van der Waals surface area contributed by atoms with E-state index in [1.54, 1.807) is 28.8 Å². The highest BCUT2D eigenvalue weighted by atomic mass is 31.2. The smallest absolute Gasteiger partial charge is 0.400 e. The number of anilines is 1. The van der Waals surface area contributed by atoms with E-state index in [4.69, 9.17) is 19.2 Å². The number of aromatic nitrogens is 4. The number of hydrogen-bond donors (Lipinski definition) is 4. The molecule has 1 fully saturated rings. The molecule has 38 heavy (non-hydrogen) atoms. The summed E-state index contributed by atoms with van der Waals surface area (Å²) in [5.41, 5.74) is 6.40. The quantitative estimate of drug-likeness (QED) is 0.233. The van der Waals surface area contributed by atoms with Gasteiger partial charge in [0.15, 0.2) is 31.5 Å². The predicted molar refractivity (Wildman–Crippen MR) is 142 cm³/mol. The summed E-state index contributed by atoms with van der Waals surface area (Å²) in [4.78, 5) is 35.5. The van der Waals surface area contributed by atoms with E-state index in [0.29, 0.717) is 16.7 Å². The number of amides is 1. The molecule has 15 heteroatoms. The number of fused-ring (bicyclic) bond motifs is 1. The lowest BCUT2D eigenvalue weighted by atomic mass is 10.1. The normalized spacial score (nSPS) is 23.9. The molecule has 2 aromatic heterocycles. The van der Waals surface area contributed by atoms with Crippen molar-refractivity contribution >= 4 is 39.0 Å². The van der Waals surface area contributed by atoms with Crippen LogP contribution in [0.4, 0.5) is 5.82 Å².